The van der Waals surface area contributed by atoms with Crippen LogP contribution < -0.4 is 4.74 Å². The van der Waals surface area contributed by atoms with Gasteiger partial charge in [-0.2, -0.15) is 0 Å². The van der Waals surface area contributed by atoms with Crippen LogP contribution in [0.4, 0.5) is 0 Å². The van der Waals surface area contributed by atoms with E-state index >= 15 is 0 Å². The average molecular weight is 382 g/mol. The molecule has 2 N–H and O–H groups in total. The lowest BCUT2D eigenvalue weighted by Gasteiger charge is -2.57. The average Bonchev–Trinajstić information content (AvgIpc) is 2.73. The first-order valence-corrected chi connectivity index (χ1v) is 10.4. The predicted molar refractivity (Wildman–Crippen MR) is 111 cm³/mol. The van der Waals surface area contributed by atoms with Gasteiger partial charge in [0.1, 0.15) is 5.75 Å². The van der Waals surface area contributed by atoms with Gasteiger partial charge in [0.2, 0.25) is 0 Å². The molecule has 4 heteroatoms. The molecule has 1 heterocycles. The Morgan fingerprint density at radius 1 is 1.11 bits per heavy atom. The Labute approximate surface area is 167 Å². The van der Waals surface area contributed by atoms with Crippen molar-refractivity contribution in [2.45, 2.75) is 49.2 Å². The van der Waals surface area contributed by atoms with Crippen molar-refractivity contribution in [3.63, 3.8) is 0 Å². The molecular weight excluding hydrogens is 350 g/mol. The molecule has 4 nitrogen and oxygen atoms in total. The third-order valence-corrected chi connectivity index (χ3v) is 6.89. The second-order valence-corrected chi connectivity index (χ2v) is 8.50. The van der Waals surface area contributed by atoms with Crippen LogP contribution in [0.2, 0.25) is 0 Å². The Bertz CT molecular complexity index is 795. The van der Waals surface area contributed by atoms with Gasteiger partial charge in [-0.05, 0) is 61.9 Å². The van der Waals surface area contributed by atoms with E-state index in [1.165, 1.54) is 5.56 Å². The largest absolute Gasteiger partial charge is 0.497 e. The van der Waals surface area contributed by atoms with E-state index in [1.807, 2.05) is 24.3 Å². The lowest BCUT2D eigenvalue weighted by atomic mass is 9.55. The molecule has 2 fully saturated rings. The van der Waals surface area contributed by atoms with Crippen LogP contribution in [0.15, 0.2) is 54.6 Å². The number of β-amino-alcohol motifs (C(OH)–C–C–N with tert-alkyl or cyclic N) is 1. The van der Waals surface area contributed by atoms with Crippen LogP contribution in [0.3, 0.4) is 0 Å². The van der Waals surface area contributed by atoms with Gasteiger partial charge in [0.05, 0.1) is 18.8 Å². The molecule has 2 aromatic rings. The normalized spacial score (nSPS) is 30.6. The van der Waals surface area contributed by atoms with E-state index in [2.05, 4.69) is 35.2 Å². The van der Waals surface area contributed by atoms with Gasteiger partial charge >= 0.3 is 0 Å². The molecule has 0 radical (unpaired) electrons. The molecule has 3 unspecified atom stereocenters. The van der Waals surface area contributed by atoms with Crippen LogP contribution >= 0.6 is 0 Å². The number of fused-ring (bicyclic) bond motifs is 1. The maximum absolute atomic E-state index is 11.9. The van der Waals surface area contributed by atoms with Crippen LogP contribution in [-0.4, -0.2) is 53.6 Å². The first-order valence-electron chi connectivity index (χ1n) is 10.4. The predicted octanol–water partition coefficient (Wildman–Crippen LogP) is 3.16. The highest BCUT2D eigenvalue weighted by molar-refractivity contribution is 5.38. The molecule has 0 amide bonds. The Balaban J connectivity index is 1.57. The number of methoxy groups -OCH3 is 1. The van der Waals surface area contributed by atoms with Gasteiger partial charge in [0.15, 0.2) is 0 Å². The minimum absolute atomic E-state index is 0.359. The highest BCUT2D eigenvalue weighted by atomic mass is 16.5. The second-order valence-electron chi connectivity index (χ2n) is 8.50. The molecule has 1 saturated heterocycles. The summed E-state index contributed by atoms with van der Waals surface area (Å²) in [5, 5.41) is 22.3. The van der Waals surface area contributed by atoms with E-state index in [0.29, 0.717) is 25.8 Å². The van der Waals surface area contributed by atoms with Crippen molar-refractivity contribution in [3.8, 4) is 5.75 Å². The summed E-state index contributed by atoms with van der Waals surface area (Å²) in [4.78, 5) is 2.39. The molecule has 2 aromatic carbocycles. The van der Waals surface area contributed by atoms with Gasteiger partial charge < -0.3 is 19.8 Å². The summed E-state index contributed by atoms with van der Waals surface area (Å²) in [5.74, 6) is 0.806. The number of ether oxygens (including phenoxy) is 1. The van der Waals surface area contributed by atoms with Crippen LogP contribution in [0.1, 0.15) is 36.8 Å². The zero-order valence-corrected chi connectivity index (χ0v) is 16.7. The zero-order chi connectivity index (χ0) is 19.6. The summed E-state index contributed by atoms with van der Waals surface area (Å²) < 4.78 is 5.44. The van der Waals surface area contributed by atoms with Crippen LogP contribution in [0, 0.1) is 0 Å². The summed E-state index contributed by atoms with van der Waals surface area (Å²) in [6, 6.07) is 18.6. The molecule has 28 heavy (non-hydrogen) atoms. The van der Waals surface area contributed by atoms with Gasteiger partial charge in [-0.15, -0.1) is 0 Å². The molecule has 0 aromatic heterocycles. The standard InChI is InChI=1S/C24H31NO3/c1-28-22-9-5-8-20(16-22)23-13-15-25(14-11-19-6-3-2-4-7-19)18-24(23,27)12-10-21(26)17-23/h2-9,16,21,26-27H,10-15,17-18H2,1H3. The third kappa shape index (κ3) is 3.57. The lowest BCUT2D eigenvalue weighted by molar-refractivity contribution is -0.142. The van der Waals surface area contributed by atoms with Crippen LogP contribution in [-0.2, 0) is 11.8 Å². The topological polar surface area (TPSA) is 52.9 Å². The molecule has 1 aliphatic carbocycles. The second kappa shape index (κ2) is 7.86. The Morgan fingerprint density at radius 3 is 2.71 bits per heavy atom. The summed E-state index contributed by atoms with van der Waals surface area (Å²) in [5.41, 5.74) is 1.18. The molecule has 1 aliphatic heterocycles. The molecule has 4 rings (SSSR count). The summed E-state index contributed by atoms with van der Waals surface area (Å²) in [6.45, 7) is 2.53. The number of hydrogen-bond donors (Lipinski definition) is 2. The quantitative estimate of drug-likeness (QED) is 0.835. The minimum atomic E-state index is -0.826. The third-order valence-electron chi connectivity index (χ3n) is 6.89. The Morgan fingerprint density at radius 2 is 1.93 bits per heavy atom. The molecule has 0 spiro atoms. The Hall–Kier alpha value is -1.88. The number of aliphatic hydroxyl groups excluding tert-OH is 1. The molecule has 150 valence electrons. The van der Waals surface area contributed by atoms with Crippen LogP contribution in [0.5, 0.6) is 5.75 Å². The number of piperidine rings is 1. The lowest BCUT2D eigenvalue weighted by Crippen LogP contribution is -2.66. The van der Waals surface area contributed by atoms with Crippen molar-refractivity contribution >= 4 is 0 Å². The van der Waals surface area contributed by atoms with Gasteiger partial charge in [0.25, 0.3) is 0 Å². The number of rotatable bonds is 5. The number of benzene rings is 2. The number of aliphatic hydroxyl groups is 2. The van der Waals surface area contributed by atoms with Gasteiger partial charge in [-0.3, -0.25) is 0 Å². The SMILES string of the molecule is COc1cccc(C23CCN(CCc4ccccc4)CC2(O)CCC(O)C3)c1. The van der Waals surface area contributed by atoms with E-state index in [4.69, 9.17) is 4.74 Å². The molecular formula is C24H31NO3. The van der Waals surface area contributed by atoms with Crippen molar-refractivity contribution in [2.75, 3.05) is 26.7 Å². The smallest absolute Gasteiger partial charge is 0.119 e. The highest BCUT2D eigenvalue weighted by Gasteiger charge is 2.57. The fraction of sp³-hybridized carbons (Fsp3) is 0.500. The minimum Gasteiger partial charge on any atom is -0.497 e. The Kier molecular flexibility index (Phi) is 5.46. The van der Waals surface area contributed by atoms with Gasteiger partial charge in [-0.1, -0.05) is 42.5 Å². The number of hydrogen-bond acceptors (Lipinski definition) is 4. The van der Waals surface area contributed by atoms with E-state index in [0.717, 1.165) is 37.2 Å². The van der Waals surface area contributed by atoms with Crippen molar-refractivity contribution < 1.29 is 14.9 Å². The zero-order valence-electron chi connectivity index (χ0n) is 16.7. The summed E-state index contributed by atoms with van der Waals surface area (Å²) in [6.07, 6.45) is 3.39. The van der Waals surface area contributed by atoms with Crippen molar-refractivity contribution in [1.82, 2.24) is 4.90 Å². The van der Waals surface area contributed by atoms with Gasteiger partial charge in [-0.25, -0.2) is 0 Å². The van der Waals surface area contributed by atoms with Gasteiger partial charge in [0, 0.05) is 18.5 Å². The maximum atomic E-state index is 11.9. The molecule has 0 bridgehead atoms. The van der Waals surface area contributed by atoms with Crippen LogP contribution in [0.25, 0.3) is 0 Å². The van der Waals surface area contributed by atoms with E-state index in [9.17, 15) is 10.2 Å². The maximum Gasteiger partial charge on any atom is 0.119 e. The highest BCUT2D eigenvalue weighted by Crippen LogP contribution is 2.52. The van der Waals surface area contributed by atoms with E-state index in [-0.39, 0.29) is 6.10 Å². The number of nitrogens with zero attached hydrogens (tertiary/aromatic N) is 1. The van der Waals surface area contributed by atoms with E-state index < -0.39 is 11.0 Å². The van der Waals surface area contributed by atoms with Crippen molar-refractivity contribution in [3.05, 3.63) is 65.7 Å². The fourth-order valence-electron chi connectivity index (χ4n) is 5.28. The fourth-order valence-corrected chi connectivity index (χ4v) is 5.28. The summed E-state index contributed by atoms with van der Waals surface area (Å²) in [7, 11) is 1.67. The molecule has 3 atom stereocenters. The molecule has 1 saturated carbocycles. The molecule has 2 aliphatic rings. The van der Waals surface area contributed by atoms with Crippen molar-refractivity contribution in [1.29, 1.82) is 0 Å². The van der Waals surface area contributed by atoms with Crippen molar-refractivity contribution in [2.24, 2.45) is 0 Å². The first kappa shape index (κ1) is 19.4. The van der Waals surface area contributed by atoms with E-state index in [1.54, 1.807) is 7.11 Å². The number of likely N-dealkylation sites (tertiary alicyclic amines) is 1. The monoisotopic (exact) mass is 381 g/mol. The summed E-state index contributed by atoms with van der Waals surface area (Å²) >= 11 is 0. The first-order chi connectivity index (χ1) is 13.5.